The first kappa shape index (κ1) is 12.1. The highest BCUT2D eigenvalue weighted by molar-refractivity contribution is 5.54. The summed E-state index contributed by atoms with van der Waals surface area (Å²) < 4.78 is 0. The molecular weight excluding hydrogens is 228 g/mol. The Morgan fingerprint density at radius 3 is 1.44 bits per heavy atom. The lowest BCUT2D eigenvalue weighted by atomic mass is 10.0. The average molecular weight is 244 g/mol. The minimum atomic E-state index is 0.104. The molecule has 0 fully saturated rings. The van der Waals surface area contributed by atoms with Crippen LogP contribution in [0.4, 0.5) is 11.4 Å². The van der Waals surface area contributed by atoms with E-state index in [0.717, 1.165) is 24.0 Å². The fourth-order valence-corrected chi connectivity index (χ4v) is 1.78. The fourth-order valence-electron chi connectivity index (χ4n) is 1.78. The summed E-state index contributed by atoms with van der Waals surface area (Å²) in [6.07, 6.45) is 1.52. The molecule has 0 aliphatic heterocycles. The number of rotatable bonds is 3. The van der Waals surface area contributed by atoms with Crippen molar-refractivity contribution in [1.82, 2.24) is 0 Å². The number of aromatic hydroxyl groups is 2. The van der Waals surface area contributed by atoms with E-state index in [9.17, 15) is 10.2 Å². The molecule has 0 saturated carbocycles. The molecule has 0 heterocycles. The van der Waals surface area contributed by atoms with Crippen LogP contribution in [-0.4, -0.2) is 10.2 Å². The number of phenols is 2. The summed E-state index contributed by atoms with van der Waals surface area (Å²) in [7, 11) is 0. The maximum absolute atomic E-state index is 9.50. The van der Waals surface area contributed by atoms with Gasteiger partial charge in [0, 0.05) is 0 Å². The number of benzene rings is 2. The third kappa shape index (κ3) is 2.66. The van der Waals surface area contributed by atoms with E-state index in [-0.39, 0.29) is 11.5 Å². The highest BCUT2D eigenvalue weighted by Gasteiger charge is 2.02. The van der Waals surface area contributed by atoms with Gasteiger partial charge in [0.05, 0.1) is 11.4 Å². The fraction of sp³-hybridized carbons (Fsp3) is 0.143. The Morgan fingerprint density at radius 1 is 0.722 bits per heavy atom. The van der Waals surface area contributed by atoms with Crippen molar-refractivity contribution in [3.05, 3.63) is 47.5 Å². The summed E-state index contributed by atoms with van der Waals surface area (Å²) in [6.45, 7) is 0. The Labute approximate surface area is 105 Å². The van der Waals surface area contributed by atoms with Crippen molar-refractivity contribution in [2.45, 2.75) is 12.8 Å². The molecule has 2 rings (SSSR count). The number of aryl methyl sites for hydroxylation is 2. The van der Waals surface area contributed by atoms with Crippen LogP contribution in [0.25, 0.3) is 0 Å². The van der Waals surface area contributed by atoms with Gasteiger partial charge in [0.2, 0.25) is 0 Å². The summed E-state index contributed by atoms with van der Waals surface area (Å²) in [6, 6.07) is 10.5. The van der Waals surface area contributed by atoms with Crippen LogP contribution in [0.1, 0.15) is 11.1 Å². The van der Waals surface area contributed by atoms with E-state index in [4.69, 9.17) is 11.5 Å². The van der Waals surface area contributed by atoms with E-state index >= 15 is 0 Å². The van der Waals surface area contributed by atoms with Gasteiger partial charge < -0.3 is 21.7 Å². The Balaban J connectivity index is 2.06. The normalized spacial score (nSPS) is 10.4. The minimum absolute atomic E-state index is 0.104. The molecule has 18 heavy (non-hydrogen) atoms. The van der Waals surface area contributed by atoms with Gasteiger partial charge in [0.1, 0.15) is 11.5 Å². The molecule has 0 aromatic heterocycles. The molecule has 4 heteroatoms. The summed E-state index contributed by atoms with van der Waals surface area (Å²) in [5, 5.41) is 19.0. The summed E-state index contributed by atoms with van der Waals surface area (Å²) >= 11 is 0. The smallest absolute Gasteiger partial charge is 0.138 e. The van der Waals surface area contributed by atoms with Gasteiger partial charge in [-0.15, -0.1) is 0 Å². The summed E-state index contributed by atoms with van der Waals surface area (Å²) in [4.78, 5) is 0. The molecule has 0 saturated heterocycles. The van der Waals surface area contributed by atoms with Crippen molar-refractivity contribution >= 4 is 11.4 Å². The molecule has 2 aromatic carbocycles. The van der Waals surface area contributed by atoms with E-state index in [0.29, 0.717) is 11.4 Å². The quantitative estimate of drug-likeness (QED) is 0.491. The third-order valence-electron chi connectivity index (χ3n) is 2.89. The zero-order valence-electron chi connectivity index (χ0n) is 9.93. The zero-order valence-corrected chi connectivity index (χ0v) is 9.93. The Hall–Kier alpha value is -2.36. The van der Waals surface area contributed by atoms with Gasteiger partial charge in [-0.05, 0) is 48.2 Å². The molecule has 2 aromatic rings. The van der Waals surface area contributed by atoms with Crippen molar-refractivity contribution in [2.24, 2.45) is 0 Å². The highest BCUT2D eigenvalue weighted by atomic mass is 16.3. The molecule has 0 atom stereocenters. The maximum Gasteiger partial charge on any atom is 0.138 e. The summed E-state index contributed by atoms with van der Waals surface area (Å²) in [5.74, 6) is 0.209. The van der Waals surface area contributed by atoms with Crippen molar-refractivity contribution in [2.75, 3.05) is 11.5 Å². The van der Waals surface area contributed by atoms with Gasteiger partial charge in [0.25, 0.3) is 0 Å². The van der Waals surface area contributed by atoms with Gasteiger partial charge in [-0.2, -0.15) is 0 Å². The van der Waals surface area contributed by atoms with Crippen LogP contribution in [0.5, 0.6) is 11.5 Å². The summed E-state index contributed by atoms with van der Waals surface area (Å²) in [5.41, 5.74) is 13.8. The molecule has 0 spiro atoms. The number of nitrogens with two attached hydrogens (primary N) is 2. The molecule has 4 nitrogen and oxygen atoms in total. The molecule has 0 aliphatic rings. The second-order valence-corrected chi connectivity index (χ2v) is 4.29. The maximum atomic E-state index is 9.50. The lowest BCUT2D eigenvalue weighted by Gasteiger charge is -2.06. The van der Waals surface area contributed by atoms with Crippen molar-refractivity contribution < 1.29 is 10.2 Å². The lowest BCUT2D eigenvalue weighted by molar-refractivity contribution is 0.476. The molecule has 0 bridgehead atoms. The molecular formula is C14H16N2O2. The van der Waals surface area contributed by atoms with Crippen LogP contribution in [0.15, 0.2) is 36.4 Å². The molecule has 94 valence electrons. The minimum Gasteiger partial charge on any atom is -0.506 e. The first-order valence-corrected chi connectivity index (χ1v) is 5.71. The highest BCUT2D eigenvalue weighted by Crippen LogP contribution is 2.24. The Bertz CT molecular complexity index is 516. The molecule has 0 unspecified atom stereocenters. The van der Waals surface area contributed by atoms with E-state index in [1.807, 2.05) is 12.1 Å². The molecule has 0 radical (unpaired) electrons. The Kier molecular flexibility index (Phi) is 3.28. The topological polar surface area (TPSA) is 92.5 Å². The van der Waals surface area contributed by atoms with E-state index in [1.165, 1.54) is 0 Å². The lowest BCUT2D eigenvalue weighted by Crippen LogP contribution is -1.94. The van der Waals surface area contributed by atoms with E-state index in [2.05, 4.69) is 0 Å². The number of hydrogen-bond donors (Lipinski definition) is 4. The second kappa shape index (κ2) is 4.87. The first-order valence-electron chi connectivity index (χ1n) is 5.71. The van der Waals surface area contributed by atoms with Crippen LogP contribution in [-0.2, 0) is 12.8 Å². The number of anilines is 2. The van der Waals surface area contributed by atoms with Crippen molar-refractivity contribution in [3.63, 3.8) is 0 Å². The van der Waals surface area contributed by atoms with Crippen molar-refractivity contribution in [1.29, 1.82) is 0 Å². The Morgan fingerprint density at radius 2 is 1.11 bits per heavy atom. The largest absolute Gasteiger partial charge is 0.506 e. The zero-order chi connectivity index (χ0) is 13.1. The van der Waals surface area contributed by atoms with Gasteiger partial charge in [-0.25, -0.2) is 0 Å². The second-order valence-electron chi connectivity index (χ2n) is 4.29. The van der Waals surface area contributed by atoms with Gasteiger partial charge in [-0.1, -0.05) is 12.1 Å². The molecule has 0 aliphatic carbocycles. The molecule has 6 N–H and O–H groups in total. The predicted molar refractivity (Wildman–Crippen MR) is 72.4 cm³/mol. The third-order valence-corrected chi connectivity index (χ3v) is 2.89. The number of nitrogen functional groups attached to an aromatic ring is 2. The van der Waals surface area contributed by atoms with Gasteiger partial charge >= 0.3 is 0 Å². The molecule has 0 amide bonds. The number of hydrogen-bond acceptors (Lipinski definition) is 4. The van der Waals surface area contributed by atoms with Crippen LogP contribution in [0, 0.1) is 0 Å². The van der Waals surface area contributed by atoms with Crippen LogP contribution in [0.2, 0.25) is 0 Å². The monoisotopic (exact) mass is 244 g/mol. The SMILES string of the molecule is Nc1ccc(CCc2ccc(N)c(O)c2)cc1O. The van der Waals surface area contributed by atoms with Crippen LogP contribution in [0.3, 0.4) is 0 Å². The predicted octanol–water partition coefficient (Wildman–Crippen LogP) is 2.05. The van der Waals surface area contributed by atoms with E-state index in [1.54, 1.807) is 24.3 Å². The van der Waals surface area contributed by atoms with Crippen LogP contribution < -0.4 is 11.5 Å². The van der Waals surface area contributed by atoms with Crippen LogP contribution >= 0.6 is 0 Å². The first-order chi connectivity index (χ1) is 8.56. The number of phenolic OH excluding ortho intramolecular Hbond substituents is 2. The van der Waals surface area contributed by atoms with E-state index < -0.39 is 0 Å². The standard InChI is InChI=1S/C14H16N2O2/c15-11-5-3-9(7-13(11)17)1-2-10-4-6-12(16)14(18)8-10/h3-8,17-18H,1-2,15-16H2. The van der Waals surface area contributed by atoms with Crippen molar-refractivity contribution in [3.8, 4) is 11.5 Å². The van der Waals surface area contributed by atoms with Gasteiger partial charge in [-0.3, -0.25) is 0 Å². The van der Waals surface area contributed by atoms with Gasteiger partial charge in [0.15, 0.2) is 0 Å². The average Bonchev–Trinajstić information content (AvgIpc) is 2.35.